The number of nitrogens with one attached hydrogen (secondary N) is 1. The van der Waals surface area contributed by atoms with Crippen molar-refractivity contribution in [2.24, 2.45) is 0 Å². The molecule has 0 radical (unpaired) electrons. The third-order valence-electron chi connectivity index (χ3n) is 6.03. The monoisotopic (exact) mass is 519 g/mol. The van der Waals surface area contributed by atoms with Gasteiger partial charge in [-0.2, -0.15) is 0 Å². The van der Waals surface area contributed by atoms with Crippen LogP contribution in [0.25, 0.3) is 21.6 Å². The summed E-state index contributed by atoms with van der Waals surface area (Å²) in [6, 6.07) is 10.2. The van der Waals surface area contributed by atoms with Gasteiger partial charge in [0.05, 0.1) is 42.1 Å². The van der Waals surface area contributed by atoms with Crippen LogP contribution in [0.5, 0.6) is 0 Å². The van der Waals surface area contributed by atoms with Crippen LogP contribution in [0.3, 0.4) is 0 Å². The Morgan fingerprint density at radius 1 is 1.16 bits per heavy atom. The van der Waals surface area contributed by atoms with E-state index in [0.717, 1.165) is 45.3 Å². The zero-order chi connectivity index (χ0) is 25.8. The molecule has 1 fully saturated rings. The number of thiophene rings is 1. The van der Waals surface area contributed by atoms with Crippen molar-refractivity contribution in [1.82, 2.24) is 19.9 Å². The van der Waals surface area contributed by atoms with E-state index in [1.165, 1.54) is 12.4 Å². The van der Waals surface area contributed by atoms with E-state index in [0.29, 0.717) is 43.7 Å². The Hall–Kier alpha value is -3.83. The second-order valence-electron chi connectivity index (χ2n) is 8.57. The normalized spacial score (nSPS) is 13.5. The number of benzene rings is 1. The molecule has 37 heavy (non-hydrogen) atoms. The fraction of sp³-hybridized carbons (Fsp3) is 0.346. The highest BCUT2D eigenvalue weighted by atomic mass is 32.1. The van der Waals surface area contributed by atoms with E-state index in [-0.39, 0.29) is 0 Å². The number of hydrogen-bond donors (Lipinski definition) is 1. The molecule has 4 heterocycles. The second-order valence-corrected chi connectivity index (χ2v) is 9.71. The van der Waals surface area contributed by atoms with Crippen LogP contribution in [-0.2, 0) is 16.0 Å². The Morgan fingerprint density at radius 2 is 1.89 bits per heavy atom. The maximum absolute atomic E-state index is 11.9. The van der Waals surface area contributed by atoms with Gasteiger partial charge in [-0.25, -0.2) is 24.7 Å². The Balaban J connectivity index is 1.45. The average Bonchev–Trinajstić information content (AvgIpc) is 3.35. The molecule has 192 valence electrons. The van der Waals surface area contributed by atoms with Crippen LogP contribution >= 0.6 is 11.3 Å². The first-order valence-electron chi connectivity index (χ1n) is 12.2. The zero-order valence-electron chi connectivity index (χ0n) is 21.1. The molecular weight excluding hydrogens is 490 g/mol. The Labute approximate surface area is 219 Å². The van der Waals surface area contributed by atoms with Gasteiger partial charge in [-0.1, -0.05) is 0 Å². The highest BCUT2D eigenvalue weighted by Crippen LogP contribution is 2.35. The van der Waals surface area contributed by atoms with Crippen LogP contribution in [0.1, 0.15) is 22.2 Å². The topological polar surface area (TPSA) is 106 Å². The van der Waals surface area contributed by atoms with Gasteiger partial charge in [0.15, 0.2) is 11.6 Å². The summed E-state index contributed by atoms with van der Waals surface area (Å²) < 4.78 is 11.6. The van der Waals surface area contributed by atoms with Gasteiger partial charge in [0.2, 0.25) is 5.95 Å². The molecule has 0 unspecified atom stereocenters. The van der Waals surface area contributed by atoms with Gasteiger partial charge in [-0.15, -0.1) is 11.3 Å². The molecule has 1 aliphatic heterocycles. The minimum Gasteiger partial charge on any atom is -0.462 e. The van der Waals surface area contributed by atoms with Crippen LogP contribution < -0.4 is 15.1 Å². The van der Waals surface area contributed by atoms with Crippen molar-refractivity contribution in [3.05, 3.63) is 53.2 Å². The van der Waals surface area contributed by atoms with Crippen molar-refractivity contribution >= 4 is 45.0 Å². The van der Waals surface area contributed by atoms with Crippen molar-refractivity contribution in [2.75, 3.05) is 62.1 Å². The molecule has 0 aliphatic carbocycles. The molecule has 11 heteroatoms. The Kier molecular flexibility index (Phi) is 7.42. The molecule has 10 nitrogen and oxygen atoms in total. The van der Waals surface area contributed by atoms with E-state index in [9.17, 15) is 4.79 Å². The lowest BCUT2D eigenvalue weighted by atomic mass is 10.2. The van der Waals surface area contributed by atoms with E-state index in [1.807, 2.05) is 43.3 Å². The largest absolute Gasteiger partial charge is 0.462 e. The molecule has 1 N–H and O–H groups in total. The number of esters is 1. The van der Waals surface area contributed by atoms with Gasteiger partial charge in [-0.05, 0) is 37.3 Å². The van der Waals surface area contributed by atoms with Crippen molar-refractivity contribution in [3.63, 3.8) is 0 Å². The SMILES string of the molecule is CCOC(=O)c1cnc(N(C)Cc2cc3nc(-c4ccc(NC)cc4)nc(N4CCOCC4)c3s2)nc1. The number of morpholine rings is 1. The minimum absolute atomic E-state index is 0.310. The minimum atomic E-state index is -0.424. The maximum atomic E-state index is 11.9. The van der Waals surface area contributed by atoms with Gasteiger partial charge in [0, 0.05) is 55.7 Å². The number of nitrogens with zero attached hydrogens (tertiary/aromatic N) is 6. The third kappa shape index (κ3) is 5.47. The number of hydrogen-bond acceptors (Lipinski definition) is 11. The summed E-state index contributed by atoms with van der Waals surface area (Å²) in [5.41, 5.74) is 3.25. The molecular formula is C26H29N7O3S. The summed E-state index contributed by atoms with van der Waals surface area (Å²) in [4.78, 5) is 35.9. The molecule has 1 aromatic carbocycles. The summed E-state index contributed by atoms with van der Waals surface area (Å²) in [7, 11) is 3.82. The second kappa shape index (κ2) is 11.1. The number of fused-ring (bicyclic) bond motifs is 1. The molecule has 1 saturated heterocycles. The summed E-state index contributed by atoms with van der Waals surface area (Å²) in [6.45, 7) is 5.61. The van der Waals surface area contributed by atoms with E-state index in [1.54, 1.807) is 18.3 Å². The van der Waals surface area contributed by atoms with Crippen molar-refractivity contribution in [2.45, 2.75) is 13.5 Å². The molecule has 0 amide bonds. The zero-order valence-corrected chi connectivity index (χ0v) is 21.9. The number of ether oxygens (including phenoxy) is 2. The van der Waals surface area contributed by atoms with Gasteiger partial charge >= 0.3 is 5.97 Å². The molecule has 3 aromatic heterocycles. The molecule has 0 atom stereocenters. The van der Waals surface area contributed by atoms with Crippen LogP contribution in [0.4, 0.5) is 17.5 Å². The van der Waals surface area contributed by atoms with Gasteiger partial charge in [0.25, 0.3) is 0 Å². The van der Waals surface area contributed by atoms with Gasteiger partial charge in [-0.3, -0.25) is 0 Å². The summed E-state index contributed by atoms with van der Waals surface area (Å²) >= 11 is 1.68. The summed E-state index contributed by atoms with van der Waals surface area (Å²) in [6.07, 6.45) is 2.99. The number of aromatic nitrogens is 4. The van der Waals surface area contributed by atoms with Crippen LogP contribution in [0.2, 0.25) is 0 Å². The van der Waals surface area contributed by atoms with E-state index < -0.39 is 5.97 Å². The van der Waals surface area contributed by atoms with Gasteiger partial charge in [0.1, 0.15) is 0 Å². The number of rotatable bonds is 8. The molecule has 0 spiro atoms. The lowest BCUT2D eigenvalue weighted by Gasteiger charge is -2.28. The maximum Gasteiger partial charge on any atom is 0.341 e. The molecule has 4 aromatic rings. The Bertz CT molecular complexity index is 1370. The standard InChI is InChI=1S/C26H29N7O3S/c1-4-36-25(34)18-14-28-26(29-15-18)32(3)16-20-13-21-22(37-20)24(33-9-11-35-12-10-33)31-23(30-21)17-5-7-19(27-2)8-6-17/h5-8,13-15,27H,4,9-12,16H2,1-3H3. The fourth-order valence-electron chi connectivity index (χ4n) is 4.09. The lowest BCUT2D eigenvalue weighted by Crippen LogP contribution is -2.36. The van der Waals surface area contributed by atoms with Crippen LogP contribution in [0.15, 0.2) is 42.7 Å². The van der Waals surface area contributed by atoms with E-state index >= 15 is 0 Å². The first-order chi connectivity index (χ1) is 18.1. The first-order valence-corrected chi connectivity index (χ1v) is 13.0. The number of carbonyl (C=O) groups excluding carboxylic acids is 1. The highest BCUT2D eigenvalue weighted by Gasteiger charge is 2.21. The van der Waals surface area contributed by atoms with Crippen molar-refractivity contribution in [3.8, 4) is 11.4 Å². The molecule has 0 bridgehead atoms. The predicted octanol–water partition coefficient (Wildman–Crippen LogP) is 3.84. The first kappa shape index (κ1) is 24.8. The predicted molar refractivity (Wildman–Crippen MR) is 146 cm³/mol. The van der Waals surface area contributed by atoms with Crippen molar-refractivity contribution in [1.29, 1.82) is 0 Å². The summed E-state index contributed by atoms with van der Waals surface area (Å²) in [5.74, 6) is 1.74. The van der Waals surface area contributed by atoms with E-state index in [4.69, 9.17) is 19.4 Å². The summed E-state index contributed by atoms with van der Waals surface area (Å²) in [5, 5.41) is 3.15. The number of carbonyl (C=O) groups is 1. The third-order valence-corrected chi connectivity index (χ3v) is 7.14. The van der Waals surface area contributed by atoms with Gasteiger partial charge < -0.3 is 24.6 Å². The molecule has 5 rings (SSSR count). The van der Waals surface area contributed by atoms with Crippen molar-refractivity contribution < 1.29 is 14.3 Å². The highest BCUT2D eigenvalue weighted by molar-refractivity contribution is 7.19. The lowest BCUT2D eigenvalue weighted by molar-refractivity contribution is 0.0525. The average molecular weight is 520 g/mol. The fourth-order valence-corrected chi connectivity index (χ4v) is 5.26. The Morgan fingerprint density at radius 3 is 2.57 bits per heavy atom. The molecule has 0 saturated carbocycles. The van der Waals surface area contributed by atoms with Crippen LogP contribution in [-0.4, -0.2) is 72.9 Å². The smallest absolute Gasteiger partial charge is 0.341 e. The quantitative estimate of drug-likeness (QED) is 0.345. The molecule has 1 aliphatic rings. The number of anilines is 3. The van der Waals surface area contributed by atoms with E-state index in [2.05, 4.69) is 26.3 Å². The van der Waals surface area contributed by atoms with Crippen LogP contribution in [0, 0.1) is 0 Å².